The van der Waals surface area contributed by atoms with Crippen LogP contribution in [0.4, 0.5) is 18.9 Å². The van der Waals surface area contributed by atoms with Crippen LogP contribution in [-0.2, 0) is 21.0 Å². The summed E-state index contributed by atoms with van der Waals surface area (Å²) in [7, 11) is -3.71. The molecule has 0 aliphatic carbocycles. The number of carbonyl (C=O) groups is 1. The van der Waals surface area contributed by atoms with Crippen molar-refractivity contribution in [3.8, 4) is 0 Å². The molecule has 0 bridgehead atoms. The Balaban J connectivity index is 1.41. The summed E-state index contributed by atoms with van der Waals surface area (Å²) < 4.78 is 67.3. The number of piperazine rings is 1. The molecule has 3 aromatic rings. The molecule has 0 saturated carbocycles. The first-order chi connectivity index (χ1) is 16.1. The number of carbonyl (C=O) groups excluding carboxylic acids is 1. The second-order valence-corrected chi connectivity index (χ2v) is 10.1. The van der Waals surface area contributed by atoms with E-state index in [-0.39, 0.29) is 36.8 Å². The summed E-state index contributed by atoms with van der Waals surface area (Å²) in [6.45, 7) is 2.50. The number of anilines is 1. The van der Waals surface area contributed by atoms with Crippen molar-refractivity contribution in [2.24, 2.45) is 0 Å². The van der Waals surface area contributed by atoms with Crippen LogP contribution in [0.3, 0.4) is 0 Å². The van der Waals surface area contributed by atoms with E-state index in [0.29, 0.717) is 0 Å². The van der Waals surface area contributed by atoms with E-state index in [9.17, 15) is 26.4 Å². The highest BCUT2D eigenvalue weighted by Gasteiger charge is 2.35. The Morgan fingerprint density at radius 2 is 1.53 bits per heavy atom. The summed E-state index contributed by atoms with van der Waals surface area (Å²) >= 11 is 0. The third-order valence-electron chi connectivity index (χ3n) is 6.05. The highest BCUT2D eigenvalue weighted by molar-refractivity contribution is 7.89. The number of alkyl halides is 3. The third kappa shape index (κ3) is 4.94. The van der Waals surface area contributed by atoms with Gasteiger partial charge >= 0.3 is 6.18 Å². The molecule has 0 aromatic heterocycles. The summed E-state index contributed by atoms with van der Waals surface area (Å²) in [5.74, 6) is -0.581. The lowest BCUT2D eigenvalue weighted by Crippen LogP contribution is -2.53. The molecule has 0 spiro atoms. The molecule has 34 heavy (non-hydrogen) atoms. The van der Waals surface area contributed by atoms with Crippen LogP contribution >= 0.6 is 0 Å². The van der Waals surface area contributed by atoms with E-state index in [1.165, 1.54) is 22.5 Å². The number of para-hydroxylation sites is 1. The van der Waals surface area contributed by atoms with Gasteiger partial charge in [0.25, 0.3) is 0 Å². The number of nitrogens with zero attached hydrogens (tertiary/aromatic N) is 2. The zero-order valence-corrected chi connectivity index (χ0v) is 19.2. The third-order valence-corrected chi connectivity index (χ3v) is 7.94. The number of hydrogen-bond acceptors (Lipinski definition) is 4. The van der Waals surface area contributed by atoms with Gasteiger partial charge in [-0.2, -0.15) is 17.5 Å². The fourth-order valence-electron chi connectivity index (χ4n) is 4.05. The summed E-state index contributed by atoms with van der Waals surface area (Å²) in [5.41, 5.74) is -1.22. The van der Waals surface area contributed by atoms with E-state index in [1.807, 2.05) is 24.3 Å². The van der Waals surface area contributed by atoms with E-state index in [0.717, 1.165) is 16.8 Å². The van der Waals surface area contributed by atoms with E-state index in [2.05, 4.69) is 5.32 Å². The highest BCUT2D eigenvalue weighted by Crippen LogP contribution is 2.34. The van der Waals surface area contributed by atoms with Gasteiger partial charge < -0.3 is 5.32 Å². The standard InChI is InChI=1S/C24H24F3N3O3S/c1-17(23(31)28-22-9-5-4-8-21(22)24(25,26)27)29-12-14-30(15-13-29)34(32,33)20-11-10-18-6-2-3-7-19(18)16-20/h2-11,16-17H,12-15H2,1H3,(H,28,31). The number of sulfonamides is 1. The van der Waals surface area contributed by atoms with Crippen molar-refractivity contribution in [3.63, 3.8) is 0 Å². The Hall–Kier alpha value is -2.95. The number of nitrogens with one attached hydrogen (secondary N) is 1. The van der Waals surface area contributed by atoms with Gasteiger partial charge in [-0.05, 0) is 42.0 Å². The van der Waals surface area contributed by atoms with Crippen molar-refractivity contribution in [2.75, 3.05) is 31.5 Å². The molecule has 1 amide bonds. The Morgan fingerprint density at radius 1 is 0.912 bits per heavy atom. The lowest BCUT2D eigenvalue weighted by atomic mass is 10.1. The van der Waals surface area contributed by atoms with Crippen LogP contribution in [0.15, 0.2) is 71.6 Å². The average Bonchev–Trinajstić information content (AvgIpc) is 2.83. The molecule has 1 unspecified atom stereocenters. The largest absolute Gasteiger partial charge is 0.418 e. The predicted octanol–water partition coefficient (Wildman–Crippen LogP) is 4.19. The van der Waals surface area contributed by atoms with Crippen LogP contribution in [0.5, 0.6) is 0 Å². The predicted molar refractivity (Wildman–Crippen MR) is 124 cm³/mol. The zero-order chi connectivity index (χ0) is 24.5. The van der Waals surface area contributed by atoms with Gasteiger partial charge in [0, 0.05) is 26.2 Å². The topological polar surface area (TPSA) is 69.7 Å². The van der Waals surface area contributed by atoms with Crippen molar-refractivity contribution < 1.29 is 26.4 Å². The molecule has 1 heterocycles. The van der Waals surface area contributed by atoms with Crippen LogP contribution in [0.2, 0.25) is 0 Å². The molecule has 10 heteroatoms. The molecule has 1 aliphatic heterocycles. The number of benzene rings is 3. The summed E-state index contributed by atoms with van der Waals surface area (Å²) in [6.07, 6.45) is -4.59. The van der Waals surface area contributed by atoms with Crippen LogP contribution < -0.4 is 5.32 Å². The quantitative estimate of drug-likeness (QED) is 0.581. The van der Waals surface area contributed by atoms with E-state index >= 15 is 0 Å². The van der Waals surface area contributed by atoms with Gasteiger partial charge in [0.15, 0.2) is 0 Å². The van der Waals surface area contributed by atoms with Gasteiger partial charge in [-0.25, -0.2) is 8.42 Å². The Kier molecular flexibility index (Phi) is 6.66. The Labute approximate surface area is 196 Å². The van der Waals surface area contributed by atoms with E-state index < -0.39 is 33.7 Å². The molecule has 3 aromatic carbocycles. The maximum Gasteiger partial charge on any atom is 0.418 e. The molecule has 1 fully saturated rings. The van der Waals surface area contributed by atoms with Crippen molar-refractivity contribution in [3.05, 3.63) is 72.3 Å². The SMILES string of the molecule is CC(C(=O)Nc1ccccc1C(F)(F)F)N1CCN(S(=O)(=O)c2ccc3ccccc3c2)CC1. The molecule has 180 valence electrons. The van der Waals surface area contributed by atoms with Gasteiger partial charge in [0.05, 0.1) is 22.2 Å². The first-order valence-electron chi connectivity index (χ1n) is 10.8. The summed E-state index contributed by atoms with van der Waals surface area (Å²) in [6, 6.07) is 16.6. The number of rotatable bonds is 5. The lowest BCUT2D eigenvalue weighted by molar-refractivity contribution is -0.137. The summed E-state index contributed by atoms with van der Waals surface area (Å²) in [4.78, 5) is 14.6. The normalized spacial score (nSPS) is 16.9. The smallest absolute Gasteiger partial charge is 0.324 e. The highest BCUT2D eigenvalue weighted by atomic mass is 32.2. The molecular formula is C24H24F3N3O3S. The lowest BCUT2D eigenvalue weighted by Gasteiger charge is -2.36. The Bertz CT molecular complexity index is 1300. The van der Waals surface area contributed by atoms with Gasteiger partial charge in [-0.3, -0.25) is 9.69 Å². The van der Waals surface area contributed by atoms with Crippen LogP contribution in [-0.4, -0.2) is 55.8 Å². The molecule has 0 radical (unpaired) electrons. The molecule has 1 aliphatic rings. The van der Waals surface area contributed by atoms with Gasteiger partial charge in [-0.15, -0.1) is 0 Å². The van der Waals surface area contributed by atoms with Crippen molar-refractivity contribution in [1.82, 2.24) is 9.21 Å². The van der Waals surface area contributed by atoms with Gasteiger partial charge in [0.1, 0.15) is 0 Å². The number of hydrogen-bond donors (Lipinski definition) is 1. The minimum absolute atomic E-state index is 0.173. The fraction of sp³-hybridized carbons (Fsp3) is 0.292. The first-order valence-corrected chi connectivity index (χ1v) is 12.2. The molecule has 1 N–H and O–H groups in total. The maximum atomic E-state index is 13.2. The van der Waals surface area contributed by atoms with Crippen molar-refractivity contribution in [1.29, 1.82) is 0 Å². The Morgan fingerprint density at radius 3 is 2.21 bits per heavy atom. The number of fused-ring (bicyclic) bond motifs is 1. The first kappa shape index (κ1) is 24.2. The minimum atomic E-state index is -4.59. The number of halogens is 3. The second kappa shape index (κ2) is 9.36. The van der Waals surface area contributed by atoms with Gasteiger partial charge in [0.2, 0.25) is 15.9 Å². The summed E-state index contributed by atoms with van der Waals surface area (Å²) in [5, 5.41) is 4.13. The van der Waals surface area contributed by atoms with Crippen LogP contribution in [0.1, 0.15) is 12.5 Å². The van der Waals surface area contributed by atoms with Crippen molar-refractivity contribution >= 4 is 32.4 Å². The second-order valence-electron chi connectivity index (χ2n) is 8.16. The molecule has 1 atom stereocenters. The fourth-order valence-corrected chi connectivity index (χ4v) is 5.51. The molecule has 6 nitrogen and oxygen atoms in total. The van der Waals surface area contributed by atoms with Crippen molar-refractivity contribution in [2.45, 2.75) is 24.0 Å². The van der Waals surface area contributed by atoms with Crippen LogP contribution in [0, 0.1) is 0 Å². The minimum Gasteiger partial charge on any atom is -0.324 e. The average molecular weight is 492 g/mol. The molecule has 1 saturated heterocycles. The monoisotopic (exact) mass is 491 g/mol. The zero-order valence-electron chi connectivity index (χ0n) is 18.4. The van der Waals surface area contributed by atoms with Gasteiger partial charge in [-0.1, -0.05) is 42.5 Å². The number of amides is 1. The van der Waals surface area contributed by atoms with E-state index in [1.54, 1.807) is 30.0 Å². The molecule has 4 rings (SSSR count). The molecular weight excluding hydrogens is 467 g/mol. The maximum absolute atomic E-state index is 13.2. The van der Waals surface area contributed by atoms with Crippen LogP contribution in [0.25, 0.3) is 10.8 Å². The van der Waals surface area contributed by atoms with E-state index in [4.69, 9.17) is 0 Å².